The second-order valence-electron chi connectivity index (χ2n) is 2.35. The van der Waals surface area contributed by atoms with Crippen LogP contribution in [0.4, 0.5) is 0 Å². The summed E-state index contributed by atoms with van der Waals surface area (Å²) in [5.41, 5.74) is 0.235. The number of aromatic nitrogens is 1. The molecular formula is C6H8N2O3S. The number of carbonyl (C=O) groups excluding carboxylic acids is 1. The summed E-state index contributed by atoms with van der Waals surface area (Å²) < 4.78 is 21.4. The van der Waals surface area contributed by atoms with E-state index in [4.69, 9.17) is 5.14 Å². The molecule has 0 aliphatic heterocycles. The minimum atomic E-state index is -3.70. The molecule has 0 spiro atoms. The molecule has 12 heavy (non-hydrogen) atoms. The van der Waals surface area contributed by atoms with Crippen LogP contribution >= 0.6 is 0 Å². The maximum atomic E-state index is 10.7. The number of carbonyl (C=O) groups is 1. The Kier molecular flexibility index (Phi) is 2.03. The zero-order valence-electron chi connectivity index (χ0n) is 6.37. The lowest BCUT2D eigenvalue weighted by Gasteiger charge is -1.87. The number of ketones is 1. The average Bonchev–Trinajstić information content (AvgIpc) is 2.30. The van der Waals surface area contributed by atoms with Gasteiger partial charge in [0, 0.05) is 13.1 Å². The van der Waals surface area contributed by atoms with Gasteiger partial charge in [-0.25, -0.2) is 13.6 Å². The summed E-state index contributed by atoms with van der Waals surface area (Å²) in [6.07, 6.45) is 1.19. The molecule has 6 heteroatoms. The Morgan fingerprint density at radius 3 is 2.42 bits per heavy atom. The molecule has 1 heterocycles. The second kappa shape index (κ2) is 2.72. The van der Waals surface area contributed by atoms with Crippen LogP contribution in [0, 0.1) is 0 Å². The number of hydrogen-bond acceptors (Lipinski definition) is 3. The van der Waals surface area contributed by atoms with Crippen molar-refractivity contribution in [2.24, 2.45) is 5.14 Å². The molecule has 1 rings (SSSR count). The predicted molar refractivity (Wildman–Crippen MR) is 42.2 cm³/mol. The fourth-order valence-corrected chi connectivity index (χ4v) is 1.25. The lowest BCUT2D eigenvalue weighted by Crippen LogP contribution is -2.10. The first-order chi connectivity index (χ1) is 5.41. The van der Waals surface area contributed by atoms with E-state index < -0.39 is 10.0 Å². The van der Waals surface area contributed by atoms with Gasteiger partial charge in [-0.05, 0) is 6.07 Å². The van der Waals surface area contributed by atoms with E-state index in [1.54, 1.807) is 0 Å². The SMILES string of the molecule is CC(=O)c1cc(S(N)(=O)=O)c[nH]1. The average molecular weight is 188 g/mol. The maximum absolute atomic E-state index is 10.7. The number of rotatable bonds is 2. The number of sulfonamides is 1. The second-order valence-corrected chi connectivity index (χ2v) is 3.91. The number of Topliss-reactive ketones (excluding diaryl/α,β-unsaturated/α-hetero) is 1. The van der Waals surface area contributed by atoms with E-state index in [2.05, 4.69) is 4.98 Å². The van der Waals surface area contributed by atoms with E-state index in [-0.39, 0.29) is 16.4 Å². The molecule has 5 nitrogen and oxygen atoms in total. The molecule has 0 aromatic carbocycles. The van der Waals surface area contributed by atoms with Gasteiger partial charge in [0.25, 0.3) is 0 Å². The highest BCUT2D eigenvalue weighted by atomic mass is 32.2. The molecule has 1 aromatic heterocycles. The first-order valence-electron chi connectivity index (χ1n) is 3.13. The quantitative estimate of drug-likeness (QED) is 0.633. The Balaban J connectivity index is 3.17. The van der Waals surface area contributed by atoms with Gasteiger partial charge in [0.1, 0.15) is 0 Å². The van der Waals surface area contributed by atoms with Crippen molar-refractivity contribution in [1.29, 1.82) is 0 Å². The Hall–Kier alpha value is -1.14. The minimum absolute atomic E-state index is 0.0762. The first-order valence-corrected chi connectivity index (χ1v) is 4.68. The fourth-order valence-electron chi connectivity index (χ4n) is 0.742. The zero-order chi connectivity index (χ0) is 9.35. The molecule has 0 saturated carbocycles. The van der Waals surface area contributed by atoms with Crippen molar-refractivity contribution in [2.75, 3.05) is 0 Å². The summed E-state index contributed by atoms with van der Waals surface area (Å²) in [5.74, 6) is -0.232. The number of hydrogen-bond donors (Lipinski definition) is 2. The van der Waals surface area contributed by atoms with Crippen LogP contribution in [-0.2, 0) is 10.0 Å². The molecule has 0 bridgehead atoms. The van der Waals surface area contributed by atoms with Gasteiger partial charge in [0.15, 0.2) is 5.78 Å². The highest BCUT2D eigenvalue weighted by molar-refractivity contribution is 7.89. The summed E-state index contributed by atoms with van der Waals surface area (Å²) in [7, 11) is -3.70. The topological polar surface area (TPSA) is 93.0 Å². The molecule has 0 unspecified atom stereocenters. The van der Waals surface area contributed by atoms with E-state index in [1.807, 2.05) is 0 Å². The van der Waals surface area contributed by atoms with Crippen molar-refractivity contribution < 1.29 is 13.2 Å². The van der Waals surface area contributed by atoms with Crippen LogP contribution in [0.5, 0.6) is 0 Å². The fraction of sp³-hybridized carbons (Fsp3) is 0.167. The molecular weight excluding hydrogens is 180 g/mol. The zero-order valence-corrected chi connectivity index (χ0v) is 7.18. The molecule has 0 fully saturated rings. The van der Waals surface area contributed by atoms with Crippen LogP contribution in [-0.4, -0.2) is 19.2 Å². The first kappa shape index (κ1) is 8.95. The maximum Gasteiger partial charge on any atom is 0.239 e. The minimum Gasteiger partial charge on any atom is -0.357 e. The molecule has 0 aliphatic carbocycles. The Bertz CT molecular complexity index is 404. The van der Waals surface area contributed by atoms with Crippen LogP contribution in [0.1, 0.15) is 17.4 Å². The third kappa shape index (κ3) is 1.72. The van der Waals surface area contributed by atoms with Crippen molar-refractivity contribution in [2.45, 2.75) is 11.8 Å². The molecule has 0 saturated heterocycles. The summed E-state index contributed by atoms with van der Waals surface area (Å²) in [5, 5.41) is 4.81. The third-order valence-corrected chi connectivity index (χ3v) is 2.26. The summed E-state index contributed by atoms with van der Waals surface area (Å²) in [4.78, 5) is 13.1. The van der Waals surface area contributed by atoms with Crippen molar-refractivity contribution in [1.82, 2.24) is 4.98 Å². The molecule has 0 amide bonds. The summed E-state index contributed by atoms with van der Waals surface area (Å²) in [6, 6.07) is 1.21. The van der Waals surface area contributed by atoms with Gasteiger partial charge in [0.05, 0.1) is 10.6 Å². The largest absolute Gasteiger partial charge is 0.357 e. The summed E-state index contributed by atoms with van der Waals surface area (Å²) >= 11 is 0. The molecule has 1 aromatic rings. The summed E-state index contributed by atoms with van der Waals surface area (Å²) in [6.45, 7) is 1.33. The number of primary sulfonamides is 1. The molecule has 0 aliphatic rings. The Morgan fingerprint density at radius 1 is 1.58 bits per heavy atom. The molecule has 3 N–H and O–H groups in total. The van der Waals surface area contributed by atoms with Gasteiger partial charge in [-0.2, -0.15) is 0 Å². The van der Waals surface area contributed by atoms with E-state index >= 15 is 0 Å². The van der Waals surface area contributed by atoms with Crippen LogP contribution in [0.25, 0.3) is 0 Å². The normalized spacial score (nSPS) is 11.5. The molecule has 0 radical (unpaired) electrons. The van der Waals surface area contributed by atoms with Crippen LogP contribution in [0.3, 0.4) is 0 Å². The van der Waals surface area contributed by atoms with E-state index in [0.717, 1.165) is 0 Å². The van der Waals surface area contributed by atoms with Crippen molar-refractivity contribution in [3.63, 3.8) is 0 Å². The van der Waals surface area contributed by atoms with Crippen molar-refractivity contribution in [3.05, 3.63) is 18.0 Å². The van der Waals surface area contributed by atoms with E-state index in [9.17, 15) is 13.2 Å². The van der Waals surface area contributed by atoms with Gasteiger partial charge >= 0.3 is 0 Å². The van der Waals surface area contributed by atoms with Gasteiger partial charge in [0.2, 0.25) is 10.0 Å². The highest BCUT2D eigenvalue weighted by Gasteiger charge is 2.11. The standard InChI is InChI=1S/C6H8N2O3S/c1-4(9)6-2-5(3-8-6)12(7,10)11/h2-3,8H,1H3,(H2,7,10,11). The predicted octanol–water partition coefficient (Wildman–Crippen LogP) is -0.135. The number of nitrogens with one attached hydrogen (secondary N) is 1. The third-order valence-electron chi connectivity index (χ3n) is 1.36. The number of aromatic amines is 1. The monoisotopic (exact) mass is 188 g/mol. The Morgan fingerprint density at radius 2 is 2.17 bits per heavy atom. The van der Waals surface area contributed by atoms with Gasteiger partial charge in [-0.3, -0.25) is 4.79 Å². The van der Waals surface area contributed by atoms with Crippen molar-refractivity contribution in [3.8, 4) is 0 Å². The molecule has 66 valence electrons. The Labute approximate surface area is 69.6 Å². The molecule has 0 atom stereocenters. The van der Waals surface area contributed by atoms with Gasteiger partial charge in [-0.1, -0.05) is 0 Å². The van der Waals surface area contributed by atoms with Crippen LogP contribution in [0.2, 0.25) is 0 Å². The highest BCUT2D eigenvalue weighted by Crippen LogP contribution is 2.08. The number of nitrogens with two attached hydrogens (primary N) is 1. The van der Waals surface area contributed by atoms with Gasteiger partial charge in [-0.15, -0.1) is 0 Å². The van der Waals surface area contributed by atoms with E-state index in [1.165, 1.54) is 19.2 Å². The lowest BCUT2D eigenvalue weighted by molar-refractivity contribution is 0.101. The van der Waals surface area contributed by atoms with Crippen molar-refractivity contribution >= 4 is 15.8 Å². The van der Waals surface area contributed by atoms with Gasteiger partial charge < -0.3 is 4.98 Å². The van der Waals surface area contributed by atoms with Crippen LogP contribution in [0.15, 0.2) is 17.2 Å². The number of H-pyrrole nitrogens is 1. The van der Waals surface area contributed by atoms with Crippen LogP contribution < -0.4 is 5.14 Å². The van der Waals surface area contributed by atoms with E-state index in [0.29, 0.717) is 0 Å². The lowest BCUT2D eigenvalue weighted by atomic mass is 10.3. The smallest absolute Gasteiger partial charge is 0.239 e.